The number of nitrogens with zero attached hydrogens (tertiary/aromatic N) is 2. The van der Waals surface area contributed by atoms with Gasteiger partial charge in [0.15, 0.2) is 5.89 Å². The van der Waals surface area contributed by atoms with Crippen LogP contribution in [-0.2, 0) is 21.4 Å². The third kappa shape index (κ3) is 4.34. The molecule has 0 saturated carbocycles. The molecular formula is C15H21N3O4S. The van der Waals surface area contributed by atoms with Gasteiger partial charge in [-0.3, -0.25) is 19.3 Å². The third-order valence-corrected chi connectivity index (χ3v) is 4.21. The Morgan fingerprint density at radius 3 is 2.61 bits per heavy atom. The maximum Gasteiger partial charge on any atom is 0.288 e. The molecule has 1 aliphatic rings. The van der Waals surface area contributed by atoms with Gasteiger partial charge in [0.25, 0.3) is 5.24 Å². The van der Waals surface area contributed by atoms with Crippen molar-refractivity contribution in [3.05, 3.63) is 17.3 Å². The molecule has 1 saturated heterocycles. The van der Waals surface area contributed by atoms with Crippen LogP contribution in [0.1, 0.15) is 38.1 Å². The second kappa shape index (κ2) is 6.74. The monoisotopic (exact) mass is 339 g/mol. The highest BCUT2D eigenvalue weighted by molar-refractivity contribution is 8.14. The number of oxazole rings is 1. The van der Waals surface area contributed by atoms with Gasteiger partial charge in [0.2, 0.25) is 11.8 Å². The molecule has 0 radical (unpaired) electrons. The normalized spacial score (nSPS) is 15.4. The summed E-state index contributed by atoms with van der Waals surface area (Å²) in [7, 11) is 0. The van der Waals surface area contributed by atoms with Gasteiger partial charge in [-0.1, -0.05) is 32.5 Å². The van der Waals surface area contributed by atoms with Crippen molar-refractivity contribution in [2.24, 2.45) is 0 Å². The topological polar surface area (TPSA) is 92.5 Å². The number of nitrogens with one attached hydrogen (secondary N) is 1. The molecule has 2 rings (SSSR count). The summed E-state index contributed by atoms with van der Waals surface area (Å²) < 4.78 is 5.67. The van der Waals surface area contributed by atoms with Crippen LogP contribution < -0.4 is 5.32 Å². The Kier molecular flexibility index (Phi) is 5.13. The average molecular weight is 339 g/mol. The molecule has 1 fully saturated rings. The van der Waals surface area contributed by atoms with Gasteiger partial charge in [0, 0.05) is 18.5 Å². The summed E-state index contributed by atoms with van der Waals surface area (Å²) in [5, 5.41) is 2.43. The predicted molar refractivity (Wildman–Crippen MR) is 86.2 cm³/mol. The molecule has 7 nitrogen and oxygen atoms in total. The first-order valence-corrected chi connectivity index (χ1v) is 8.37. The maximum absolute atomic E-state index is 12.0. The van der Waals surface area contributed by atoms with Gasteiger partial charge in [-0.15, -0.1) is 0 Å². The minimum atomic E-state index is -0.259. The van der Waals surface area contributed by atoms with E-state index in [4.69, 9.17) is 4.42 Å². The van der Waals surface area contributed by atoms with E-state index in [0.29, 0.717) is 17.3 Å². The third-order valence-electron chi connectivity index (χ3n) is 3.35. The van der Waals surface area contributed by atoms with E-state index < -0.39 is 0 Å². The van der Waals surface area contributed by atoms with Crippen LogP contribution in [0.2, 0.25) is 0 Å². The smallest absolute Gasteiger partial charge is 0.288 e. The Hall–Kier alpha value is -1.83. The molecule has 3 amide bonds. The molecule has 2 heterocycles. The molecule has 1 aliphatic heterocycles. The SMILES string of the molecule is Cc1nc(C(C)(C)C)oc1CC(=O)NCCN1C(=O)CSC1=O. The zero-order valence-corrected chi connectivity index (χ0v) is 14.6. The van der Waals surface area contributed by atoms with Crippen LogP contribution >= 0.6 is 11.8 Å². The van der Waals surface area contributed by atoms with Gasteiger partial charge in [-0.05, 0) is 6.92 Å². The van der Waals surface area contributed by atoms with Crippen molar-refractivity contribution in [3.8, 4) is 0 Å². The summed E-state index contributed by atoms with van der Waals surface area (Å²) in [5.41, 5.74) is 0.486. The number of thioether (sulfide) groups is 1. The van der Waals surface area contributed by atoms with E-state index in [1.165, 1.54) is 0 Å². The first-order chi connectivity index (χ1) is 10.7. The summed E-state index contributed by atoms with van der Waals surface area (Å²) >= 11 is 0.983. The Balaban J connectivity index is 1.84. The lowest BCUT2D eigenvalue weighted by molar-refractivity contribution is -0.125. The quantitative estimate of drug-likeness (QED) is 0.876. The number of hydrogen-bond acceptors (Lipinski definition) is 6. The Morgan fingerprint density at radius 2 is 2.09 bits per heavy atom. The summed E-state index contributed by atoms with van der Waals surface area (Å²) in [6, 6.07) is 0. The number of aryl methyl sites for hydroxylation is 1. The zero-order valence-electron chi connectivity index (χ0n) is 13.8. The molecule has 8 heteroatoms. The second-order valence-corrected chi connectivity index (χ2v) is 7.33. The molecular weight excluding hydrogens is 318 g/mol. The van der Waals surface area contributed by atoms with Crippen LogP contribution in [0.5, 0.6) is 0 Å². The molecule has 0 spiro atoms. The van der Waals surface area contributed by atoms with E-state index in [1.54, 1.807) is 6.92 Å². The van der Waals surface area contributed by atoms with Crippen LogP contribution in [0.3, 0.4) is 0 Å². The first kappa shape index (κ1) is 17.5. The van der Waals surface area contributed by atoms with E-state index in [-0.39, 0.29) is 47.7 Å². The standard InChI is InChI=1S/C15H21N3O4S/c1-9-10(22-13(17-9)15(2,3)4)7-11(19)16-5-6-18-12(20)8-23-14(18)21/h5-8H2,1-4H3,(H,16,19). The van der Waals surface area contributed by atoms with E-state index in [1.807, 2.05) is 20.8 Å². The summed E-state index contributed by atoms with van der Waals surface area (Å²) in [6.45, 7) is 8.20. The van der Waals surface area contributed by atoms with Crippen molar-refractivity contribution in [2.75, 3.05) is 18.8 Å². The Bertz CT molecular complexity index is 617. The van der Waals surface area contributed by atoms with E-state index in [9.17, 15) is 14.4 Å². The van der Waals surface area contributed by atoms with Gasteiger partial charge in [-0.2, -0.15) is 0 Å². The lowest BCUT2D eigenvalue weighted by Gasteiger charge is -2.13. The van der Waals surface area contributed by atoms with Gasteiger partial charge >= 0.3 is 0 Å². The molecule has 1 aromatic rings. The molecule has 0 bridgehead atoms. The largest absolute Gasteiger partial charge is 0.444 e. The van der Waals surface area contributed by atoms with Crippen LogP contribution in [-0.4, -0.2) is 45.8 Å². The van der Waals surface area contributed by atoms with Crippen molar-refractivity contribution in [2.45, 2.75) is 39.5 Å². The first-order valence-electron chi connectivity index (χ1n) is 7.39. The van der Waals surface area contributed by atoms with Crippen molar-refractivity contribution in [3.63, 3.8) is 0 Å². The molecule has 23 heavy (non-hydrogen) atoms. The van der Waals surface area contributed by atoms with Crippen molar-refractivity contribution in [1.29, 1.82) is 0 Å². The summed E-state index contributed by atoms with van der Waals surface area (Å²) in [5.74, 6) is 0.880. The van der Waals surface area contributed by atoms with Gasteiger partial charge in [-0.25, -0.2) is 4.98 Å². The van der Waals surface area contributed by atoms with E-state index in [2.05, 4.69) is 10.3 Å². The minimum absolute atomic E-state index is 0.0888. The van der Waals surface area contributed by atoms with E-state index >= 15 is 0 Å². The van der Waals surface area contributed by atoms with E-state index in [0.717, 1.165) is 16.7 Å². The number of imide groups is 1. The number of amides is 3. The van der Waals surface area contributed by atoms with Gasteiger partial charge in [0.1, 0.15) is 5.76 Å². The highest BCUT2D eigenvalue weighted by atomic mass is 32.2. The number of carbonyl (C=O) groups excluding carboxylic acids is 3. The Labute approximate surface area is 139 Å². The van der Waals surface area contributed by atoms with Crippen molar-refractivity contribution in [1.82, 2.24) is 15.2 Å². The number of aromatic nitrogens is 1. The zero-order chi connectivity index (χ0) is 17.2. The number of hydrogen-bond donors (Lipinski definition) is 1. The lowest BCUT2D eigenvalue weighted by Crippen LogP contribution is -2.37. The minimum Gasteiger partial charge on any atom is -0.444 e. The molecule has 1 N–H and O–H groups in total. The summed E-state index contributed by atoms with van der Waals surface area (Å²) in [4.78, 5) is 40.3. The van der Waals surface area contributed by atoms with Crippen LogP contribution in [0.4, 0.5) is 4.79 Å². The Morgan fingerprint density at radius 1 is 1.39 bits per heavy atom. The fourth-order valence-electron chi connectivity index (χ4n) is 2.03. The summed E-state index contributed by atoms with van der Waals surface area (Å²) in [6.07, 6.45) is 0.0888. The number of carbonyl (C=O) groups is 3. The molecule has 0 aliphatic carbocycles. The van der Waals surface area contributed by atoms with Crippen LogP contribution in [0.15, 0.2) is 4.42 Å². The average Bonchev–Trinajstić information content (AvgIpc) is 2.96. The molecule has 0 unspecified atom stereocenters. The van der Waals surface area contributed by atoms with Crippen LogP contribution in [0.25, 0.3) is 0 Å². The highest BCUT2D eigenvalue weighted by Crippen LogP contribution is 2.24. The predicted octanol–water partition coefficient (Wildman–Crippen LogP) is 1.63. The molecule has 126 valence electrons. The number of rotatable bonds is 5. The fraction of sp³-hybridized carbons (Fsp3) is 0.600. The molecule has 0 aromatic carbocycles. The fourth-order valence-corrected chi connectivity index (χ4v) is 2.78. The van der Waals surface area contributed by atoms with Gasteiger partial charge in [0.05, 0.1) is 17.9 Å². The van der Waals surface area contributed by atoms with Crippen molar-refractivity contribution < 1.29 is 18.8 Å². The highest BCUT2D eigenvalue weighted by Gasteiger charge is 2.29. The second-order valence-electron chi connectivity index (χ2n) is 6.40. The maximum atomic E-state index is 12.0. The molecule has 0 atom stereocenters. The van der Waals surface area contributed by atoms with Crippen LogP contribution in [0, 0.1) is 6.92 Å². The molecule has 1 aromatic heterocycles. The van der Waals surface area contributed by atoms with Crippen molar-refractivity contribution >= 4 is 28.8 Å². The van der Waals surface area contributed by atoms with Gasteiger partial charge < -0.3 is 9.73 Å². The lowest BCUT2D eigenvalue weighted by atomic mass is 9.97.